The second-order valence-corrected chi connectivity index (χ2v) is 40.6. The van der Waals surface area contributed by atoms with E-state index >= 15 is 26.3 Å². The normalized spacial score (nSPS) is 17.9. The number of fused-ring (bicyclic) bond motifs is 4. The van der Waals surface area contributed by atoms with Crippen LogP contribution in [-0.4, -0.2) is 116 Å². The summed E-state index contributed by atoms with van der Waals surface area (Å²) in [7, 11) is 5.41. The van der Waals surface area contributed by atoms with Crippen LogP contribution in [0.15, 0.2) is 60.7 Å². The summed E-state index contributed by atoms with van der Waals surface area (Å²) in [6.07, 6.45) is 5.02. The van der Waals surface area contributed by atoms with Crippen LogP contribution >= 0.6 is 68.0 Å². The molecule has 0 aliphatic heterocycles. The number of hydrogen-bond acceptors (Lipinski definition) is 12. The Kier molecular flexibility index (Phi) is 21.3. The zero-order valence-electron chi connectivity index (χ0n) is 49.7. The number of allylic oxidation sites excluding steroid dienone is 2. The minimum absolute atomic E-state index is 0.254. The Hall–Kier alpha value is -2.29. The lowest BCUT2D eigenvalue weighted by molar-refractivity contribution is -0.254. The van der Waals surface area contributed by atoms with Gasteiger partial charge in [-0.15, -0.1) is 68.0 Å². The molecule has 1 unspecified atom stereocenters. The molecule has 6 aromatic rings. The fourth-order valence-corrected chi connectivity index (χ4v) is 32.7. The van der Waals surface area contributed by atoms with Gasteiger partial charge < -0.3 is 28.4 Å². The maximum Gasteiger partial charge on any atom is 0.380 e. The first kappa shape index (κ1) is 65.7. The Morgan fingerprint density at radius 2 is 0.720 bits per heavy atom. The van der Waals surface area contributed by atoms with E-state index in [0.29, 0.717) is 59.1 Å². The van der Waals surface area contributed by atoms with Gasteiger partial charge in [0.05, 0.1) is 16.1 Å². The third-order valence-corrected chi connectivity index (χ3v) is 38.0. The van der Waals surface area contributed by atoms with E-state index in [9.17, 15) is 0 Å². The summed E-state index contributed by atoms with van der Waals surface area (Å²) in [4.78, 5) is 6.94. The molecule has 0 spiro atoms. The highest BCUT2D eigenvalue weighted by Crippen LogP contribution is 2.71. The lowest BCUT2D eigenvalue weighted by atomic mass is 9.78. The van der Waals surface area contributed by atoms with E-state index in [4.69, 9.17) is 28.4 Å². The molecule has 0 saturated heterocycles. The summed E-state index contributed by atoms with van der Waals surface area (Å²) >= 11 is 8.88. The van der Waals surface area contributed by atoms with Crippen LogP contribution in [-0.2, 0) is 44.7 Å². The zero-order valence-corrected chi connectivity index (χ0v) is 56.6. The average molecular weight is 1290 g/mol. The predicted octanol–water partition coefficient (Wildman–Crippen LogP) is 18.0. The molecule has 0 fully saturated rings. The van der Waals surface area contributed by atoms with Crippen molar-refractivity contribution in [3.8, 4) is 19.5 Å². The van der Waals surface area contributed by atoms with Gasteiger partial charge in [0, 0.05) is 153 Å². The number of halogens is 6. The molecule has 0 amide bonds. The average Bonchev–Trinajstić information content (AvgIpc) is 2.41. The lowest BCUT2D eigenvalue weighted by Gasteiger charge is -2.35. The first-order chi connectivity index (χ1) is 38.9. The third-order valence-electron chi connectivity index (χ3n) is 16.5. The molecule has 0 saturated carbocycles. The van der Waals surface area contributed by atoms with E-state index in [0.717, 1.165) is 104 Å². The summed E-state index contributed by atoms with van der Waals surface area (Å²) in [6, 6.07) is 25.3. The Bertz CT molecular complexity index is 3050. The van der Waals surface area contributed by atoms with Gasteiger partial charge in [0.25, 0.3) is 0 Å². The second-order valence-electron chi connectivity index (χ2n) is 24.2. The van der Waals surface area contributed by atoms with Gasteiger partial charge in [-0.2, -0.15) is 26.3 Å². The Labute approximate surface area is 508 Å². The van der Waals surface area contributed by atoms with Gasteiger partial charge in [-0.1, -0.05) is 89.9 Å². The third kappa shape index (κ3) is 12.4. The van der Waals surface area contributed by atoms with Crippen molar-refractivity contribution in [2.24, 2.45) is 0 Å². The zero-order chi connectivity index (χ0) is 59.5. The van der Waals surface area contributed by atoms with Crippen molar-refractivity contribution in [2.45, 2.75) is 150 Å². The summed E-state index contributed by atoms with van der Waals surface area (Å²) in [5.41, 5.74) is -5.22. The second kappa shape index (κ2) is 26.6. The highest BCUT2D eigenvalue weighted by molar-refractivity contribution is 7.32. The minimum Gasteiger partial charge on any atom is -0.385 e. The smallest absolute Gasteiger partial charge is 0.380 e. The Balaban J connectivity index is 1.51. The topological polar surface area (TPSA) is 55.4 Å². The van der Waals surface area contributed by atoms with Crippen molar-refractivity contribution in [1.82, 2.24) is 0 Å². The molecule has 6 aromatic heterocycles. The van der Waals surface area contributed by atoms with Gasteiger partial charge in [0.15, 0.2) is 0 Å². The minimum atomic E-state index is -5.74. The standard InChI is InChI=1S/C62H82F6O6S6Si2/c1-57(2,3)47-21-19-43(75-47)45-39-41-53-54(61(65,66)62(67,68)60(53,63)64)42-40-46(44-20-25-51(76-44)81(33-13-27-69-7,34-14-28-70-8)35-15-29-71-9)78-56(42)59(55(41)77-45,49-23-22-48(79-49)58(4,5)6)50-24-26-52(80-50)82(36-16-30-72-10,37-17-31-73-11)38-18-32-74-12/h19-26,39-40H,13-18,27-38H2,1-12H3. The largest absolute Gasteiger partial charge is 0.385 e. The first-order valence-corrected chi connectivity index (χ1v) is 38.6. The van der Waals surface area contributed by atoms with Crippen LogP contribution in [0.1, 0.15) is 120 Å². The molecule has 1 atom stereocenters. The van der Waals surface area contributed by atoms with Gasteiger partial charge in [-0.05, 0) is 107 Å². The first-order valence-electron chi connectivity index (χ1n) is 28.4. The van der Waals surface area contributed by atoms with Crippen LogP contribution < -0.4 is 9.00 Å². The molecule has 452 valence electrons. The van der Waals surface area contributed by atoms with Crippen LogP contribution in [0.4, 0.5) is 26.3 Å². The molecular formula is C62H82F6O6S6Si2. The molecule has 0 N–H and O–H groups in total. The number of thiophene rings is 6. The lowest BCUT2D eigenvalue weighted by Crippen LogP contribution is -2.49. The van der Waals surface area contributed by atoms with Gasteiger partial charge in [-0.3, -0.25) is 0 Å². The summed E-state index contributed by atoms with van der Waals surface area (Å²) in [5, 5.41) is 0. The molecule has 0 aromatic carbocycles. The monoisotopic (exact) mass is 1280 g/mol. The van der Waals surface area contributed by atoms with Gasteiger partial charge in [0.2, 0.25) is 0 Å². The van der Waals surface area contributed by atoms with Gasteiger partial charge in [-0.25, -0.2) is 0 Å². The maximum atomic E-state index is 17.7. The van der Waals surface area contributed by atoms with Gasteiger partial charge in [0.1, 0.15) is 5.41 Å². The van der Waals surface area contributed by atoms with E-state index in [2.05, 4.69) is 65.8 Å². The number of methoxy groups -OCH3 is 6. The Morgan fingerprint density at radius 3 is 1.10 bits per heavy atom. The molecular weight excluding hydrogens is 1200 g/mol. The van der Waals surface area contributed by atoms with Crippen LogP contribution in [0.3, 0.4) is 0 Å². The summed E-state index contributed by atoms with van der Waals surface area (Å²) in [6.45, 7) is 16.2. The molecule has 6 heterocycles. The highest BCUT2D eigenvalue weighted by atomic mass is 32.1. The quantitative estimate of drug-likeness (QED) is 0.0254. The fourth-order valence-electron chi connectivity index (χ4n) is 12.3. The number of ether oxygens (including phenoxy) is 6. The highest BCUT2D eigenvalue weighted by Gasteiger charge is 2.81. The molecule has 2 aliphatic rings. The molecule has 0 bridgehead atoms. The molecule has 82 heavy (non-hydrogen) atoms. The van der Waals surface area contributed by atoms with Crippen molar-refractivity contribution < 1.29 is 54.8 Å². The molecule has 6 nitrogen and oxygen atoms in total. The maximum absolute atomic E-state index is 17.7. The van der Waals surface area contributed by atoms with Crippen LogP contribution in [0.5, 0.6) is 0 Å². The number of hydrogen-bond donors (Lipinski definition) is 0. The number of rotatable bonds is 30. The van der Waals surface area contributed by atoms with E-state index in [1.165, 1.54) is 49.1 Å². The van der Waals surface area contributed by atoms with E-state index < -0.39 is 50.5 Å². The molecule has 2 aliphatic carbocycles. The van der Waals surface area contributed by atoms with Crippen molar-refractivity contribution in [1.29, 1.82) is 0 Å². The molecule has 20 heteroatoms. The van der Waals surface area contributed by atoms with Crippen LogP contribution in [0.25, 0.3) is 30.7 Å². The number of alkyl halides is 6. The van der Waals surface area contributed by atoms with E-state index in [1.54, 1.807) is 82.7 Å². The Morgan fingerprint density at radius 1 is 0.390 bits per heavy atom. The SMILES string of the molecule is COCCC[Si](CCCOC)(CCCOC)c1ccc(-c2cc3c(s2)C(c2ccc(C(C)(C)C)s2)(c2ccc([Si](CCCOC)(CCCOC)CCCOC)s2)c2sc(-c4ccc(C(C)(C)C)s4)cc2C2=C3C(F)(F)C(F)(F)C2(F)F)s1. The van der Waals surface area contributed by atoms with Crippen molar-refractivity contribution in [3.05, 3.63) is 101 Å². The van der Waals surface area contributed by atoms with Crippen molar-refractivity contribution in [3.63, 3.8) is 0 Å². The molecule has 8 rings (SSSR count). The van der Waals surface area contributed by atoms with Crippen molar-refractivity contribution in [2.75, 3.05) is 82.3 Å². The fraction of sp³-hybridized carbons (Fsp3) is 0.581. The van der Waals surface area contributed by atoms with E-state index in [-0.39, 0.29) is 22.0 Å². The molecule has 0 radical (unpaired) electrons. The van der Waals surface area contributed by atoms with Crippen molar-refractivity contribution >= 4 is 104 Å². The van der Waals surface area contributed by atoms with Crippen LogP contribution in [0, 0.1) is 0 Å². The summed E-state index contributed by atoms with van der Waals surface area (Å²) < 4.78 is 140. The van der Waals surface area contributed by atoms with Gasteiger partial charge >= 0.3 is 17.8 Å². The predicted molar refractivity (Wildman–Crippen MR) is 341 cm³/mol. The van der Waals surface area contributed by atoms with E-state index in [1.807, 2.05) is 24.3 Å². The summed E-state index contributed by atoms with van der Waals surface area (Å²) in [5.74, 6) is -16.3. The van der Waals surface area contributed by atoms with Crippen LogP contribution in [0.2, 0.25) is 36.3 Å².